The number of aryl methyl sites for hydroxylation is 2. The molecule has 0 aliphatic heterocycles. The first-order chi connectivity index (χ1) is 22.1. The average Bonchev–Trinajstić information content (AvgIpc) is 3.71. The van der Waals surface area contributed by atoms with Crippen LogP contribution in [0.1, 0.15) is 49.6 Å². The molecule has 0 radical (unpaired) electrons. The van der Waals surface area contributed by atoms with E-state index in [9.17, 15) is 19.3 Å². The minimum Gasteiger partial charge on any atom is -0.491 e. The molecule has 4 aromatic rings. The van der Waals surface area contributed by atoms with E-state index in [4.69, 9.17) is 25.8 Å². The van der Waals surface area contributed by atoms with Crippen molar-refractivity contribution in [1.82, 2.24) is 19.3 Å². The maximum absolute atomic E-state index is 13.2. The number of imidazole rings is 1. The zero-order valence-corrected chi connectivity index (χ0v) is 26.7. The molecule has 4 rings (SSSR count). The van der Waals surface area contributed by atoms with E-state index in [1.54, 1.807) is 41.5 Å². The number of allylic oxidation sites excluding steroid dienone is 1. The Morgan fingerprint density at radius 3 is 2.54 bits per heavy atom. The Morgan fingerprint density at radius 1 is 1.09 bits per heavy atom. The summed E-state index contributed by atoms with van der Waals surface area (Å²) in [6, 6.07) is 6.03. The lowest BCUT2D eigenvalue weighted by atomic mass is 10.1. The number of amides is 3. The number of hydrogen-bond acceptors (Lipinski definition) is 11. The van der Waals surface area contributed by atoms with Crippen LogP contribution in [0.3, 0.4) is 0 Å². The van der Waals surface area contributed by atoms with Gasteiger partial charge in [-0.3, -0.25) is 28.9 Å². The Hall–Kier alpha value is -5.29. The summed E-state index contributed by atoms with van der Waals surface area (Å²) in [6.45, 7) is 5.40. The molecular weight excluding hydrogens is 618 g/mol. The van der Waals surface area contributed by atoms with Gasteiger partial charge in [0.15, 0.2) is 12.8 Å². The monoisotopic (exact) mass is 654 g/mol. The predicted octanol–water partition coefficient (Wildman–Crippen LogP) is 3.13. The van der Waals surface area contributed by atoms with Crippen molar-refractivity contribution in [2.45, 2.75) is 33.4 Å². The second kappa shape index (κ2) is 15.1. The first-order valence-corrected chi connectivity index (χ1v) is 15.0. The van der Waals surface area contributed by atoms with Crippen LogP contribution in [0.4, 0.5) is 17.3 Å². The Balaban J connectivity index is 1.58. The average molecular weight is 655 g/mol. The lowest BCUT2D eigenvalue weighted by Crippen LogP contribution is -2.20. The second-order valence-corrected chi connectivity index (χ2v) is 10.9. The molecule has 0 unspecified atom stereocenters. The van der Waals surface area contributed by atoms with E-state index in [-0.39, 0.29) is 59.2 Å². The quantitative estimate of drug-likeness (QED) is 0.0742. The number of fused-ring (bicyclic) bond motifs is 1. The predicted molar refractivity (Wildman–Crippen MR) is 172 cm³/mol. The van der Waals surface area contributed by atoms with E-state index >= 15 is 0 Å². The van der Waals surface area contributed by atoms with Crippen molar-refractivity contribution in [2.75, 3.05) is 44.6 Å². The Labute approximate surface area is 267 Å². The number of benzene rings is 1. The molecule has 0 aliphatic rings. The summed E-state index contributed by atoms with van der Waals surface area (Å²) in [7, 11) is 2.77. The third-order valence-electron chi connectivity index (χ3n) is 6.65. The van der Waals surface area contributed by atoms with E-state index in [2.05, 4.69) is 20.7 Å². The highest BCUT2D eigenvalue weighted by atomic mass is 32.1. The molecule has 0 saturated heterocycles. The molecule has 0 spiro atoms. The van der Waals surface area contributed by atoms with Gasteiger partial charge in [-0.15, -0.1) is 11.3 Å². The molecule has 16 nitrogen and oxygen atoms in total. The molecule has 0 bridgehead atoms. The van der Waals surface area contributed by atoms with E-state index in [1.807, 2.05) is 13.0 Å². The molecule has 0 atom stereocenters. The smallest absolute Gasteiger partial charge is 0.344 e. The number of nitrogens with one attached hydrogen (secondary N) is 2. The van der Waals surface area contributed by atoms with Gasteiger partial charge in [-0.05, 0) is 32.0 Å². The number of methoxy groups -OCH3 is 1. The number of primary amides is 2. The summed E-state index contributed by atoms with van der Waals surface area (Å²) < 4.78 is 14.3. The Morgan fingerprint density at radius 2 is 1.87 bits per heavy atom. The first-order valence-electron chi connectivity index (χ1n) is 14.2. The molecule has 0 fully saturated rings. The van der Waals surface area contributed by atoms with Crippen molar-refractivity contribution in [3.05, 3.63) is 63.2 Å². The van der Waals surface area contributed by atoms with Crippen LogP contribution >= 0.6 is 11.3 Å². The highest BCUT2D eigenvalue weighted by molar-refractivity contribution is 7.20. The molecule has 0 aliphatic carbocycles. The van der Waals surface area contributed by atoms with Crippen molar-refractivity contribution in [2.24, 2.45) is 11.5 Å². The number of nitrogens with zero attached hydrogens (tertiary/aromatic N) is 5. The van der Waals surface area contributed by atoms with Crippen LogP contribution in [-0.2, 0) is 22.7 Å². The third kappa shape index (κ3) is 7.67. The number of thiophene rings is 1. The second-order valence-electron chi connectivity index (χ2n) is 9.87. The highest BCUT2D eigenvalue weighted by Gasteiger charge is 2.27. The molecule has 244 valence electrons. The normalized spacial score (nSPS) is 11.2. The number of carbonyl (C=O) groups is 3. The number of rotatable bonds is 17. The van der Waals surface area contributed by atoms with Gasteiger partial charge in [-0.2, -0.15) is 5.10 Å². The van der Waals surface area contributed by atoms with Crippen LogP contribution in [0.15, 0.2) is 36.4 Å². The minimum absolute atomic E-state index is 0.00520. The Kier molecular flexibility index (Phi) is 11.1. The van der Waals surface area contributed by atoms with Gasteiger partial charge in [0, 0.05) is 51.4 Å². The molecule has 3 heterocycles. The largest absolute Gasteiger partial charge is 0.491 e. The Bertz CT molecular complexity index is 1790. The van der Waals surface area contributed by atoms with Crippen LogP contribution in [0, 0.1) is 11.8 Å². The number of ether oxygens (including phenoxy) is 2. The zero-order valence-electron chi connectivity index (χ0n) is 25.9. The summed E-state index contributed by atoms with van der Waals surface area (Å²) in [6.07, 6.45) is 4.17. The van der Waals surface area contributed by atoms with E-state index < -0.39 is 11.8 Å². The number of aromatic nitrogens is 4. The highest BCUT2D eigenvalue weighted by Crippen LogP contribution is 2.36. The fourth-order valence-corrected chi connectivity index (χ4v) is 5.48. The summed E-state index contributed by atoms with van der Waals surface area (Å²) in [5.41, 5.74) is 12.9. The van der Waals surface area contributed by atoms with Crippen LogP contribution in [0.2, 0.25) is 0 Å². The zero-order chi connectivity index (χ0) is 33.4. The maximum Gasteiger partial charge on any atom is 0.344 e. The maximum atomic E-state index is 13.2. The summed E-state index contributed by atoms with van der Waals surface area (Å²) in [4.78, 5) is 60.1. The topological polar surface area (TPSA) is 211 Å². The van der Waals surface area contributed by atoms with Gasteiger partial charge in [-0.25, -0.2) is 9.82 Å². The molecule has 17 heteroatoms. The van der Waals surface area contributed by atoms with Crippen molar-refractivity contribution < 1.29 is 33.6 Å². The lowest BCUT2D eigenvalue weighted by Gasteiger charge is -2.13. The van der Waals surface area contributed by atoms with Gasteiger partial charge in [0.25, 0.3) is 16.7 Å². The number of anilines is 2. The van der Waals surface area contributed by atoms with Gasteiger partial charge < -0.3 is 26.3 Å². The number of nitrogens with two attached hydrogens (primary N) is 2. The molecule has 1 aromatic carbocycles. The van der Waals surface area contributed by atoms with E-state index in [1.165, 1.54) is 19.2 Å². The first kappa shape index (κ1) is 33.6. The number of hydrogen-bond donors (Lipinski definition) is 4. The molecule has 46 heavy (non-hydrogen) atoms. The molecule has 3 amide bonds. The fraction of sp³-hybridized carbons (Fsp3) is 0.345. The van der Waals surface area contributed by atoms with Gasteiger partial charge >= 0.3 is 5.69 Å². The van der Waals surface area contributed by atoms with Gasteiger partial charge in [0.2, 0.25) is 11.9 Å². The van der Waals surface area contributed by atoms with Crippen LogP contribution in [-0.4, -0.2) is 76.0 Å². The third-order valence-corrected chi connectivity index (χ3v) is 7.82. The van der Waals surface area contributed by atoms with Crippen LogP contribution in [0.25, 0.3) is 10.3 Å². The molecular formula is C29H36N9O7S+. The molecule has 6 N–H and O–H groups in total. The van der Waals surface area contributed by atoms with Gasteiger partial charge in [0.1, 0.15) is 21.8 Å². The van der Waals surface area contributed by atoms with Gasteiger partial charge in [-0.1, -0.05) is 12.2 Å². The summed E-state index contributed by atoms with van der Waals surface area (Å²) in [5, 5.41) is 10.3. The SMILES string of the molecule is CCn1nc(C)cc1C(=O)Nc1nc2cc(C(N)=O)sc2n1C/C=C/CNc1c(OCCCOC)cc(C(N)=O)cc1[N+](=O)OC. The van der Waals surface area contributed by atoms with Gasteiger partial charge in [0.05, 0.1) is 22.1 Å². The lowest BCUT2D eigenvalue weighted by molar-refractivity contribution is -0.736. The van der Waals surface area contributed by atoms with E-state index in [0.29, 0.717) is 46.2 Å². The number of carbonyl (C=O) groups excluding carboxylic acids is 3. The molecule has 0 saturated carbocycles. The van der Waals surface area contributed by atoms with Crippen LogP contribution in [0.5, 0.6) is 5.75 Å². The van der Waals surface area contributed by atoms with Crippen molar-refractivity contribution in [1.29, 1.82) is 0 Å². The van der Waals surface area contributed by atoms with Crippen molar-refractivity contribution in [3.63, 3.8) is 0 Å². The standard InChI is InChI=1S/C29H35N9O7S/c1-5-37-21(13-17(2)35-37)27(41)34-29-33-19-16-23(26(31)40)46-28(19)36(29)10-7-6-9-32-24-20(38(42)44-4)14-18(25(30)39)15-22(24)45-12-8-11-43-3/h6-7,13-16H,5,8-12H2,1-4H3,(H5-,30,31,32,33,34,39,40,41,42)/p+1/b7-6+. The van der Waals surface area contributed by atoms with Crippen LogP contribution < -0.4 is 26.8 Å². The fourth-order valence-electron chi connectivity index (χ4n) is 4.52. The van der Waals surface area contributed by atoms with Crippen molar-refractivity contribution in [3.8, 4) is 5.75 Å². The van der Waals surface area contributed by atoms with E-state index in [0.717, 1.165) is 11.3 Å². The minimum atomic E-state index is -0.740. The summed E-state index contributed by atoms with van der Waals surface area (Å²) in [5.74, 6) is -1.19. The van der Waals surface area contributed by atoms with Crippen molar-refractivity contribution >= 4 is 56.7 Å². The summed E-state index contributed by atoms with van der Waals surface area (Å²) >= 11 is 1.16. The molecule has 3 aromatic heterocycles.